The number of rotatable bonds is 1. The lowest BCUT2D eigenvalue weighted by Gasteiger charge is -1.89. The van der Waals surface area contributed by atoms with Gasteiger partial charge >= 0.3 is 5.97 Å². The molecule has 0 radical (unpaired) electrons. The Labute approximate surface area is 42.4 Å². The molecule has 0 aromatic heterocycles. The molecular formula is C4H8O2. The highest BCUT2D eigenvalue weighted by molar-refractivity contribution is 5.68. The number of carboxylic acid groups (broad SMARTS) is 1. The molecule has 36 valence electrons. The lowest BCUT2D eigenvalue weighted by Crippen LogP contribution is -2.03. The largest absolute Gasteiger partial charge is 0.481 e. The smallest absolute Gasteiger partial charge is 0.305 e. The Hall–Kier alpha value is -0.530. The Bertz CT molecular complexity index is 148. The summed E-state index contributed by atoms with van der Waals surface area (Å²) in [6.07, 6.45) is 0. The Balaban J connectivity index is 4.57. The van der Waals surface area contributed by atoms with Gasteiger partial charge in [-0.2, -0.15) is 0 Å². The van der Waals surface area contributed by atoms with Crippen molar-refractivity contribution in [2.45, 2.75) is 13.8 Å². The van der Waals surface area contributed by atoms with Gasteiger partial charge in [-0.25, -0.2) is 0 Å². The van der Waals surface area contributed by atoms with Gasteiger partial charge in [0.15, 0.2) is 0 Å². The molecule has 2 heteroatoms. The van der Waals surface area contributed by atoms with Gasteiger partial charge in [0, 0.05) is 5.48 Å². The van der Waals surface area contributed by atoms with Crippen molar-refractivity contribution >= 4 is 5.97 Å². The predicted octanol–water partition coefficient (Wildman–Crippen LogP) is 0.727. The maximum Gasteiger partial charge on any atom is 0.305 e. The summed E-state index contributed by atoms with van der Waals surface area (Å²) >= 11 is 0. The third-order valence-electron chi connectivity index (χ3n) is 0.321. The molecule has 0 amide bonds. The molecule has 6 heavy (non-hydrogen) atoms. The third-order valence-corrected chi connectivity index (χ3v) is 0.321. The van der Waals surface area contributed by atoms with E-state index in [-0.39, 0.29) is 0 Å². The van der Waals surface area contributed by atoms with Crippen molar-refractivity contribution in [2.75, 3.05) is 0 Å². The second-order valence-corrected chi connectivity index (χ2v) is 0.930. The maximum absolute atomic E-state index is 10.1. The van der Waals surface area contributed by atoms with Crippen LogP contribution in [0.5, 0.6) is 0 Å². The van der Waals surface area contributed by atoms with E-state index >= 15 is 0 Å². The maximum atomic E-state index is 10.1. The van der Waals surface area contributed by atoms with Crippen molar-refractivity contribution in [3.8, 4) is 0 Å². The summed E-state index contributed by atoms with van der Waals surface area (Å²) in [5, 5.41) is 8.23. The zero-order chi connectivity index (χ0) is 8.58. The topological polar surface area (TPSA) is 37.3 Å². The van der Waals surface area contributed by atoms with Crippen LogP contribution in [-0.2, 0) is 4.79 Å². The molecule has 1 unspecified atom stereocenters. The van der Waals surface area contributed by atoms with Crippen LogP contribution in [-0.4, -0.2) is 11.1 Å². The molecule has 0 aliphatic carbocycles. The fraction of sp³-hybridized carbons (Fsp3) is 0.750. The molecule has 0 spiro atoms. The van der Waals surface area contributed by atoms with Crippen molar-refractivity contribution in [1.29, 1.82) is 0 Å². The van der Waals surface area contributed by atoms with E-state index in [4.69, 9.17) is 10.6 Å². The molecule has 0 fully saturated rings. The van der Waals surface area contributed by atoms with Crippen LogP contribution in [0.25, 0.3) is 0 Å². The summed E-state index contributed by atoms with van der Waals surface area (Å²) in [5.74, 6) is -4.03. The van der Waals surface area contributed by atoms with E-state index < -0.39 is 18.7 Å². The normalized spacial score (nSPS) is 30.8. The van der Waals surface area contributed by atoms with Crippen LogP contribution >= 0.6 is 0 Å². The van der Waals surface area contributed by atoms with Crippen molar-refractivity contribution < 1.29 is 15.4 Å². The van der Waals surface area contributed by atoms with Crippen molar-refractivity contribution in [2.24, 2.45) is 5.89 Å². The molecule has 1 N–H and O–H groups in total. The van der Waals surface area contributed by atoms with Crippen molar-refractivity contribution in [3.63, 3.8) is 0 Å². The van der Waals surface area contributed by atoms with Gasteiger partial charge in [-0.15, -0.1) is 0 Å². The first-order valence-electron chi connectivity index (χ1n) is 3.43. The van der Waals surface area contributed by atoms with Gasteiger partial charge in [-0.05, 0) is 0 Å². The average Bonchev–Trinajstić information content (AvgIpc) is 1.62. The van der Waals surface area contributed by atoms with E-state index in [0.717, 1.165) is 6.92 Å². The van der Waals surface area contributed by atoms with Gasteiger partial charge in [0.05, 0.1) is 5.89 Å². The van der Waals surface area contributed by atoms with Crippen LogP contribution in [0.2, 0.25) is 0 Å². The van der Waals surface area contributed by atoms with Gasteiger partial charge < -0.3 is 5.11 Å². The Kier molecular flexibility index (Phi) is 0.457. The zero-order valence-corrected chi connectivity index (χ0v) is 3.36. The predicted molar refractivity (Wildman–Crippen MR) is 22.5 cm³/mol. The fourth-order valence-corrected chi connectivity index (χ4v) is 0. The van der Waals surface area contributed by atoms with Crippen LogP contribution in [0.1, 0.15) is 19.3 Å². The molecule has 2 nitrogen and oxygen atoms in total. The Morgan fingerprint density at radius 2 is 2.83 bits per heavy atom. The summed E-state index contributed by atoms with van der Waals surface area (Å²) < 4.78 is 26.8. The minimum absolute atomic E-state index is 0.850. The number of carbonyl (C=O) groups is 1. The van der Waals surface area contributed by atoms with E-state index in [9.17, 15) is 4.79 Å². The lowest BCUT2D eigenvalue weighted by molar-refractivity contribution is -0.140. The van der Waals surface area contributed by atoms with Crippen LogP contribution in [0.3, 0.4) is 0 Å². The first-order chi connectivity index (χ1) is 4.19. The van der Waals surface area contributed by atoms with E-state index in [0.29, 0.717) is 0 Å². The SMILES string of the molecule is [2H]C([2H])([2H])C([2H])(C)C(=O)O. The van der Waals surface area contributed by atoms with Crippen LogP contribution < -0.4 is 0 Å². The van der Waals surface area contributed by atoms with E-state index in [1.807, 2.05) is 0 Å². The summed E-state index contributed by atoms with van der Waals surface area (Å²) in [6.45, 7) is -1.92. The quantitative estimate of drug-likeness (QED) is 0.517. The second kappa shape index (κ2) is 1.80. The molecule has 0 saturated heterocycles. The minimum atomic E-state index is -2.77. The van der Waals surface area contributed by atoms with Gasteiger partial charge in [-0.1, -0.05) is 13.8 Å². The van der Waals surface area contributed by atoms with E-state index in [2.05, 4.69) is 0 Å². The first kappa shape index (κ1) is 1.52. The average molecular weight is 92.1 g/mol. The van der Waals surface area contributed by atoms with Crippen LogP contribution in [0.4, 0.5) is 0 Å². The number of aliphatic carboxylic acids is 1. The molecular weight excluding hydrogens is 80.0 g/mol. The van der Waals surface area contributed by atoms with E-state index in [1.54, 1.807) is 0 Å². The highest BCUT2D eigenvalue weighted by Crippen LogP contribution is 1.87. The number of hydrogen-bond acceptors (Lipinski definition) is 1. The highest BCUT2D eigenvalue weighted by atomic mass is 16.4. The third kappa shape index (κ3) is 1.76. The first-order valence-corrected chi connectivity index (χ1v) is 1.43. The van der Waals surface area contributed by atoms with Crippen LogP contribution in [0.15, 0.2) is 0 Å². The molecule has 0 saturated carbocycles. The molecule has 0 aromatic carbocycles. The fourth-order valence-electron chi connectivity index (χ4n) is 0. The van der Waals surface area contributed by atoms with Gasteiger partial charge in [0.1, 0.15) is 0 Å². The number of hydrogen-bond donors (Lipinski definition) is 1. The van der Waals surface area contributed by atoms with E-state index in [1.165, 1.54) is 0 Å². The Morgan fingerprint density at radius 1 is 2.33 bits per heavy atom. The zero-order valence-electron chi connectivity index (χ0n) is 7.36. The molecule has 0 heterocycles. The molecule has 0 rings (SSSR count). The minimum Gasteiger partial charge on any atom is -0.481 e. The van der Waals surface area contributed by atoms with Crippen molar-refractivity contribution in [1.82, 2.24) is 0 Å². The second-order valence-electron chi connectivity index (χ2n) is 0.930. The van der Waals surface area contributed by atoms with Gasteiger partial charge in [0.25, 0.3) is 0 Å². The monoisotopic (exact) mass is 92.1 g/mol. The molecule has 0 aliphatic heterocycles. The molecule has 0 aromatic rings. The standard InChI is InChI=1S/C4H8O2/c1-3(2)4(5)6/h3H,1-2H3,(H,5,6)/i1D3,3D. The highest BCUT2D eigenvalue weighted by Gasteiger charge is 1.99. The van der Waals surface area contributed by atoms with Gasteiger partial charge in [0.2, 0.25) is 0 Å². The molecule has 0 aliphatic rings. The van der Waals surface area contributed by atoms with Crippen molar-refractivity contribution in [3.05, 3.63) is 0 Å². The molecule has 1 atom stereocenters. The summed E-state index contributed by atoms with van der Waals surface area (Å²) in [6, 6.07) is 0. The molecule has 0 bridgehead atoms. The lowest BCUT2D eigenvalue weighted by atomic mass is 10.2. The van der Waals surface area contributed by atoms with Crippen LogP contribution in [0, 0.1) is 5.89 Å². The summed E-state index contributed by atoms with van der Waals surface area (Å²) in [4.78, 5) is 10.1. The Morgan fingerprint density at radius 3 is 2.83 bits per heavy atom. The summed E-state index contributed by atoms with van der Waals surface area (Å²) in [7, 11) is 0. The number of carboxylic acids is 1. The van der Waals surface area contributed by atoms with Gasteiger partial charge in [-0.3, -0.25) is 4.79 Å². The summed E-state index contributed by atoms with van der Waals surface area (Å²) in [5.41, 5.74) is 0.